The molecule has 0 amide bonds. The van der Waals surface area contributed by atoms with Crippen LogP contribution in [0.15, 0.2) is 52.3 Å². The van der Waals surface area contributed by atoms with E-state index < -0.39 is 21.6 Å². The lowest BCUT2D eigenvalue weighted by atomic mass is 9.86. The van der Waals surface area contributed by atoms with Gasteiger partial charge in [0.1, 0.15) is 16.3 Å². The lowest BCUT2D eigenvalue weighted by Gasteiger charge is -2.28. The fourth-order valence-corrected chi connectivity index (χ4v) is 4.67. The SMILES string of the molecule is CC1(C)OS(=O)(=O)C2=C1NC(N)=C(C#N)C2c1ccccc1. The minimum atomic E-state index is -3.94. The van der Waals surface area contributed by atoms with E-state index in [-0.39, 0.29) is 16.3 Å². The van der Waals surface area contributed by atoms with Crippen LogP contribution >= 0.6 is 0 Å². The van der Waals surface area contributed by atoms with Gasteiger partial charge in [-0.3, -0.25) is 4.18 Å². The quantitative estimate of drug-likeness (QED) is 0.759. The number of hydrogen-bond donors (Lipinski definition) is 2. The minimum Gasteiger partial charge on any atom is -0.384 e. The molecule has 0 saturated heterocycles. The Morgan fingerprint density at radius 3 is 2.55 bits per heavy atom. The second-order valence-electron chi connectivity index (χ2n) is 5.69. The van der Waals surface area contributed by atoms with Gasteiger partial charge < -0.3 is 11.1 Å². The van der Waals surface area contributed by atoms with Gasteiger partial charge in [-0.15, -0.1) is 0 Å². The Bertz CT molecular complexity index is 846. The van der Waals surface area contributed by atoms with Crippen LogP contribution in [0.3, 0.4) is 0 Å². The van der Waals surface area contributed by atoms with Crippen molar-refractivity contribution in [1.29, 1.82) is 5.26 Å². The third-order valence-corrected chi connectivity index (χ3v) is 5.40. The number of nitriles is 1. The van der Waals surface area contributed by atoms with Crippen molar-refractivity contribution in [2.24, 2.45) is 5.73 Å². The topological polar surface area (TPSA) is 105 Å². The molecule has 0 saturated carbocycles. The molecule has 2 heterocycles. The number of nitrogens with one attached hydrogen (secondary N) is 1. The van der Waals surface area contributed by atoms with Crippen molar-refractivity contribution in [1.82, 2.24) is 5.32 Å². The molecule has 3 rings (SSSR count). The highest BCUT2D eigenvalue weighted by atomic mass is 32.2. The van der Waals surface area contributed by atoms with Crippen LogP contribution in [-0.4, -0.2) is 14.0 Å². The van der Waals surface area contributed by atoms with Crippen molar-refractivity contribution < 1.29 is 12.6 Å². The first-order valence-corrected chi connectivity index (χ1v) is 8.11. The Morgan fingerprint density at radius 2 is 1.95 bits per heavy atom. The minimum absolute atomic E-state index is 0.0643. The van der Waals surface area contributed by atoms with Crippen LogP contribution in [0.5, 0.6) is 0 Å². The van der Waals surface area contributed by atoms with Crippen LogP contribution in [0.25, 0.3) is 0 Å². The molecule has 3 N–H and O–H groups in total. The standard InChI is InChI=1S/C15H15N3O3S/c1-15(2)13-12(22(19,20)21-15)11(9-6-4-3-5-7-9)10(8-16)14(17)18-13/h3-7,11,18H,17H2,1-2H3. The van der Waals surface area contributed by atoms with E-state index in [0.29, 0.717) is 11.3 Å². The van der Waals surface area contributed by atoms with Crippen molar-refractivity contribution in [2.45, 2.75) is 25.4 Å². The largest absolute Gasteiger partial charge is 0.384 e. The van der Waals surface area contributed by atoms with Gasteiger partial charge in [0.15, 0.2) is 0 Å². The summed E-state index contributed by atoms with van der Waals surface area (Å²) in [5.74, 6) is -0.599. The Balaban J connectivity index is 2.31. The summed E-state index contributed by atoms with van der Waals surface area (Å²) in [6.07, 6.45) is 0. The number of nitrogens with two attached hydrogens (primary N) is 1. The predicted octanol–water partition coefficient (Wildman–Crippen LogP) is 1.42. The van der Waals surface area contributed by atoms with Crippen LogP contribution in [0.4, 0.5) is 0 Å². The maximum atomic E-state index is 12.5. The molecule has 1 unspecified atom stereocenters. The van der Waals surface area contributed by atoms with E-state index in [2.05, 4.69) is 5.32 Å². The fraction of sp³-hybridized carbons (Fsp3) is 0.267. The molecule has 0 aromatic heterocycles. The summed E-state index contributed by atoms with van der Waals surface area (Å²) in [5, 5.41) is 12.3. The molecule has 22 heavy (non-hydrogen) atoms. The summed E-state index contributed by atoms with van der Waals surface area (Å²) in [5.41, 5.74) is 6.14. The number of dihydropyridines is 1. The lowest BCUT2D eigenvalue weighted by Crippen LogP contribution is -2.37. The summed E-state index contributed by atoms with van der Waals surface area (Å²) in [6, 6.07) is 11.0. The van der Waals surface area contributed by atoms with Gasteiger partial charge in [-0.2, -0.15) is 13.7 Å². The van der Waals surface area contributed by atoms with Crippen molar-refractivity contribution >= 4 is 10.1 Å². The van der Waals surface area contributed by atoms with E-state index in [1.54, 1.807) is 38.1 Å². The van der Waals surface area contributed by atoms with Crippen molar-refractivity contribution in [3.05, 3.63) is 57.9 Å². The first-order chi connectivity index (χ1) is 10.3. The van der Waals surface area contributed by atoms with Gasteiger partial charge in [0.25, 0.3) is 10.1 Å². The Morgan fingerprint density at radius 1 is 1.32 bits per heavy atom. The van der Waals surface area contributed by atoms with Crippen LogP contribution in [0.2, 0.25) is 0 Å². The third kappa shape index (κ3) is 2.00. The maximum Gasteiger partial charge on any atom is 0.296 e. The van der Waals surface area contributed by atoms with Crippen molar-refractivity contribution in [3.63, 3.8) is 0 Å². The molecule has 114 valence electrons. The van der Waals surface area contributed by atoms with Crippen LogP contribution in [-0.2, 0) is 14.3 Å². The Hall–Kier alpha value is -2.30. The molecule has 0 aliphatic carbocycles. The summed E-state index contributed by atoms with van der Waals surface area (Å²) < 4.78 is 30.2. The highest BCUT2D eigenvalue weighted by molar-refractivity contribution is 7.91. The first-order valence-electron chi connectivity index (χ1n) is 6.70. The van der Waals surface area contributed by atoms with E-state index in [0.717, 1.165) is 0 Å². The molecule has 1 atom stereocenters. The molecule has 0 spiro atoms. The molecule has 0 bridgehead atoms. The fourth-order valence-electron chi connectivity index (χ4n) is 2.86. The maximum absolute atomic E-state index is 12.5. The Labute approximate surface area is 129 Å². The average molecular weight is 317 g/mol. The van der Waals surface area contributed by atoms with Gasteiger partial charge >= 0.3 is 0 Å². The molecule has 6 nitrogen and oxygen atoms in total. The summed E-state index contributed by atoms with van der Waals surface area (Å²) >= 11 is 0. The van der Waals surface area contributed by atoms with Crippen LogP contribution < -0.4 is 11.1 Å². The molecule has 1 aromatic carbocycles. The van der Waals surface area contributed by atoms with Gasteiger partial charge in [0, 0.05) is 0 Å². The van der Waals surface area contributed by atoms with Gasteiger partial charge in [0.05, 0.1) is 23.3 Å². The van der Waals surface area contributed by atoms with E-state index in [4.69, 9.17) is 9.92 Å². The third-order valence-electron chi connectivity index (χ3n) is 3.79. The second-order valence-corrected chi connectivity index (χ2v) is 7.21. The summed E-state index contributed by atoms with van der Waals surface area (Å²) in [6.45, 7) is 3.29. The van der Waals surface area contributed by atoms with E-state index in [9.17, 15) is 13.7 Å². The molecule has 2 aliphatic heterocycles. The number of nitrogens with zero attached hydrogens (tertiary/aromatic N) is 1. The zero-order valence-electron chi connectivity index (χ0n) is 12.1. The zero-order valence-corrected chi connectivity index (χ0v) is 12.9. The molecule has 2 aliphatic rings. The monoisotopic (exact) mass is 317 g/mol. The summed E-state index contributed by atoms with van der Waals surface area (Å²) in [4.78, 5) is 0.0643. The highest BCUT2D eigenvalue weighted by Crippen LogP contribution is 2.48. The average Bonchev–Trinajstić information content (AvgIpc) is 2.63. The van der Waals surface area contributed by atoms with Gasteiger partial charge in [-0.1, -0.05) is 30.3 Å². The Kier molecular flexibility index (Phi) is 3.06. The zero-order chi connectivity index (χ0) is 16.1. The smallest absolute Gasteiger partial charge is 0.296 e. The predicted molar refractivity (Wildman–Crippen MR) is 80.3 cm³/mol. The lowest BCUT2D eigenvalue weighted by molar-refractivity contribution is 0.165. The normalized spacial score (nSPS) is 25.4. The van der Waals surface area contributed by atoms with Crippen molar-refractivity contribution in [2.75, 3.05) is 0 Å². The van der Waals surface area contributed by atoms with E-state index in [1.165, 1.54) is 0 Å². The van der Waals surface area contributed by atoms with Crippen LogP contribution in [0, 0.1) is 11.3 Å². The van der Waals surface area contributed by atoms with Crippen LogP contribution in [0.1, 0.15) is 25.3 Å². The molecule has 0 fully saturated rings. The molecular weight excluding hydrogens is 302 g/mol. The number of hydrogen-bond acceptors (Lipinski definition) is 6. The number of allylic oxidation sites excluding steroid dienone is 2. The number of rotatable bonds is 1. The van der Waals surface area contributed by atoms with Gasteiger partial charge in [0.2, 0.25) is 0 Å². The van der Waals surface area contributed by atoms with E-state index in [1.807, 2.05) is 12.1 Å². The molecular formula is C15H15N3O3S. The van der Waals surface area contributed by atoms with E-state index >= 15 is 0 Å². The van der Waals surface area contributed by atoms with Gasteiger partial charge in [-0.05, 0) is 19.4 Å². The highest BCUT2D eigenvalue weighted by Gasteiger charge is 2.51. The summed E-state index contributed by atoms with van der Waals surface area (Å²) in [7, 11) is -3.94. The second kappa shape index (κ2) is 4.60. The first kappa shape index (κ1) is 14.6. The molecule has 7 heteroatoms. The van der Waals surface area contributed by atoms with Crippen molar-refractivity contribution in [3.8, 4) is 6.07 Å². The molecule has 1 aromatic rings. The number of benzene rings is 1. The van der Waals surface area contributed by atoms with Gasteiger partial charge in [-0.25, -0.2) is 0 Å². The molecule has 0 radical (unpaired) electrons.